The van der Waals surface area contributed by atoms with Crippen molar-refractivity contribution in [3.05, 3.63) is 58.1 Å². The summed E-state index contributed by atoms with van der Waals surface area (Å²) in [5.41, 5.74) is 6.65. The number of anilines is 1. The summed E-state index contributed by atoms with van der Waals surface area (Å²) in [6.45, 7) is 0.687. The second-order valence-corrected chi connectivity index (χ2v) is 5.14. The van der Waals surface area contributed by atoms with E-state index in [0.717, 1.165) is 0 Å². The molecule has 2 aromatic rings. The van der Waals surface area contributed by atoms with Gasteiger partial charge >= 0.3 is 0 Å². The van der Waals surface area contributed by atoms with Crippen molar-refractivity contribution >= 4 is 34.8 Å². The number of carbonyl (C=O) groups excluding carboxylic acids is 1. The second kappa shape index (κ2) is 7.20. The van der Waals surface area contributed by atoms with Gasteiger partial charge in [0.2, 0.25) is 0 Å². The lowest BCUT2D eigenvalue weighted by Gasteiger charge is -2.09. The van der Waals surface area contributed by atoms with Crippen LogP contribution in [0.25, 0.3) is 0 Å². The molecule has 4 nitrogen and oxygen atoms in total. The number of ether oxygens (including phenoxy) is 1. The number of nitrogen functional groups attached to an aromatic ring is 1. The Hall–Kier alpha value is -1.91. The molecule has 0 aliphatic carbocycles. The summed E-state index contributed by atoms with van der Waals surface area (Å²) in [6, 6.07) is 11.8. The average molecular weight is 325 g/mol. The first-order valence-electron chi connectivity index (χ1n) is 6.28. The van der Waals surface area contributed by atoms with Gasteiger partial charge in [0.05, 0.1) is 17.1 Å². The minimum absolute atomic E-state index is 0.271. The van der Waals surface area contributed by atoms with E-state index >= 15 is 0 Å². The second-order valence-electron chi connectivity index (χ2n) is 4.30. The number of rotatable bonds is 5. The Labute approximate surface area is 132 Å². The third-order valence-corrected chi connectivity index (χ3v) is 3.24. The minimum Gasteiger partial charge on any atom is -0.492 e. The fourth-order valence-electron chi connectivity index (χ4n) is 1.71. The Kier molecular flexibility index (Phi) is 5.31. The molecule has 1 amide bonds. The van der Waals surface area contributed by atoms with Crippen LogP contribution >= 0.6 is 23.2 Å². The van der Waals surface area contributed by atoms with Crippen LogP contribution in [-0.4, -0.2) is 19.1 Å². The van der Waals surface area contributed by atoms with E-state index < -0.39 is 0 Å². The highest BCUT2D eigenvalue weighted by Crippen LogP contribution is 2.20. The van der Waals surface area contributed by atoms with Crippen molar-refractivity contribution < 1.29 is 9.53 Å². The van der Waals surface area contributed by atoms with Crippen molar-refractivity contribution in [1.29, 1.82) is 0 Å². The van der Waals surface area contributed by atoms with Crippen molar-refractivity contribution in [3.8, 4) is 5.75 Å². The van der Waals surface area contributed by atoms with Crippen LogP contribution in [0.2, 0.25) is 10.0 Å². The van der Waals surface area contributed by atoms with Crippen LogP contribution < -0.4 is 15.8 Å². The van der Waals surface area contributed by atoms with Crippen LogP contribution in [0.4, 0.5) is 5.69 Å². The fraction of sp³-hybridized carbons (Fsp3) is 0.133. The number of benzene rings is 2. The fourth-order valence-corrected chi connectivity index (χ4v) is 2.20. The Morgan fingerprint density at radius 2 is 2.00 bits per heavy atom. The zero-order valence-electron chi connectivity index (χ0n) is 11.1. The molecule has 0 aliphatic heterocycles. The number of nitrogens with one attached hydrogen (secondary N) is 1. The van der Waals surface area contributed by atoms with Gasteiger partial charge in [0.1, 0.15) is 12.4 Å². The quantitative estimate of drug-likeness (QED) is 0.654. The van der Waals surface area contributed by atoms with Crippen LogP contribution in [0.15, 0.2) is 42.5 Å². The Morgan fingerprint density at radius 3 is 2.71 bits per heavy atom. The van der Waals surface area contributed by atoms with Crippen LogP contribution in [0, 0.1) is 0 Å². The molecule has 2 rings (SSSR count). The highest BCUT2D eigenvalue weighted by atomic mass is 35.5. The number of halogens is 2. The number of hydrogen-bond donors (Lipinski definition) is 2. The van der Waals surface area contributed by atoms with Gasteiger partial charge in [-0.2, -0.15) is 0 Å². The number of carbonyl (C=O) groups is 1. The third-order valence-electron chi connectivity index (χ3n) is 2.69. The number of nitrogens with two attached hydrogens (primary N) is 1. The molecule has 2 aromatic carbocycles. The number of amides is 1. The van der Waals surface area contributed by atoms with Crippen LogP contribution in [-0.2, 0) is 0 Å². The van der Waals surface area contributed by atoms with E-state index in [4.69, 9.17) is 33.7 Å². The standard InChI is InChI=1S/C15H14Cl2N2O2/c16-10-4-5-13(14(17)8-10)15(20)19-6-7-21-12-3-1-2-11(18)9-12/h1-5,8-9H,6-7,18H2,(H,19,20). The molecule has 21 heavy (non-hydrogen) atoms. The molecule has 0 aliphatic rings. The smallest absolute Gasteiger partial charge is 0.252 e. The lowest BCUT2D eigenvalue weighted by atomic mass is 10.2. The molecule has 110 valence electrons. The molecule has 0 aromatic heterocycles. The molecule has 6 heteroatoms. The summed E-state index contributed by atoms with van der Waals surface area (Å²) >= 11 is 11.7. The van der Waals surface area contributed by atoms with Crippen molar-refractivity contribution in [2.45, 2.75) is 0 Å². The van der Waals surface area contributed by atoms with E-state index in [9.17, 15) is 4.79 Å². The molecule has 0 heterocycles. The molecular formula is C15H14Cl2N2O2. The summed E-state index contributed by atoms with van der Waals surface area (Å²) < 4.78 is 5.47. The maximum atomic E-state index is 11.9. The molecule has 0 fully saturated rings. The molecule has 0 unspecified atom stereocenters. The van der Waals surface area contributed by atoms with Gasteiger partial charge in [-0.3, -0.25) is 4.79 Å². The average Bonchev–Trinajstić information content (AvgIpc) is 2.43. The highest BCUT2D eigenvalue weighted by molar-refractivity contribution is 6.36. The van der Waals surface area contributed by atoms with Crippen molar-refractivity contribution in [2.24, 2.45) is 0 Å². The van der Waals surface area contributed by atoms with Gasteiger partial charge in [0, 0.05) is 16.8 Å². The van der Waals surface area contributed by atoms with E-state index in [2.05, 4.69) is 5.32 Å². The first kappa shape index (κ1) is 15.5. The van der Waals surface area contributed by atoms with Crippen molar-refractivity contribution in [3.63, 3.8) is 0 Å². The third kappa shape index (κ3) is 4.55. The topological polar surface area (TPSA) is 64.3 Å². The van der Waals surface area contributed by atoms with Crippen LogP contribution in [0.1, 0.15) is 10.4 Å². The van der Waals surface area contributed by atoms with Gasteiger partial charge < -0.3 is 15.8 Å². The predicted octanol–water partition coefficient (Wildman–Crippen LogP) is 3.38. The zero-order chi connectivity index (χ0) is 15.2. The summed E-state index contributed by atoms with van der Waals surface area (Å²) in [5, 5.41) is 3.53. The summed E-state index contributed by atoms with van der Waals surface area (Å²) in [5.74, 6) is 0.390. The Balaban J connectivity index is 1.82. The molecule has 3 N–H and O–H groups in total. The van der Waals surface area contributed by atoms with E-state index in [0.29, 0.717) is 40.2 Å². The lowest BCUT2D eigenvalue weighted by Crippen LogP contribution is -2.28. The van der Waals surface area contributed by atoms with Gasteiger partial charge in [-0.05, 0) is 30.3 Å². The SMILES string of the molecule is Nc1cccc(OCCNC(=O)c2ccc(Cl)cc2Cl)c1. The van der Waals surface area contributed by atoms with E-state index in [-0.39, 0.29) is 5.91 Å². The lowest BCUT2D eigenvalue weighted by molar-refractivity contribution is 0.0947. The monoisotopic (exact) mass is 324 g/mol. The summed E-state index contributed by atoms with van der Waals surface area (Å²) in [6.07, 6.45) is 0. The van der Waals surface area contributed by atoms with Gasteiger partial charge in [-0.1, -0.05) is 29.3 Å². The molecule has 0 radical (unpaired) electrons. The summed E-state index contributed by atoms with van der Waals surface area (Å²) in [4.78, 5) is 11.9. The largest absolute Gasteiger partial charge is 0.492 e. The Morgan fingerprint density at radius 1 is 1.19 bits per heavy atom. The van der Waals surface area contributed by atoms with E-state index in [1.165, 1.54) is 6.07 Å². The van der Waals surface area contributed by atoms with Crippen LogP contribution in [0.3, 0.4) is 0 Å². The molecule has 0 saturated heterocycles. The first-order valence-corrected chi connectivity index (χ1v) is 7.03. The van der Waals surface area contributed by atoms with Gasteiger partial charge in [-0.25, -0.2) is 0 Å². The van der Waals surface area contributed by atoms with Gasteiger partial charge in [0.25, 0.3) is 5.91 Å². The van der Waals surface area contributed by atoms with Crippen molar-refractivity contribution in [2.75, 3.05) is 18.9 Å². The maximum Gasteiger partial charge on any atom is 0.252 e. The van der Waals surface area contributed by atoms with E-state index in [1.807, 2.05) is 0 Å². The van der Waals surface area contributed by atoms with E-state index in [1.54, 1.807) is 36.4 Å². The predicted molar refractivity (Wildman–Crippen MR) is 85.1 cm³/mol. The zero-order valence-corrected chi connectivity index (χ0v) is 12.6. The van der Waals surface area contributed by atoms with Gasteiger partial charge in [0.15, 0.2) is 0 Å². The minimum atomic E-state index is -0.271. The normalized spacial score (nSPS) is 10.2. The molecule has 0 atom stereocenters. The first-order chi connectivity index (χ1) is 10.1. The molecule has 0 bridgehead atoms. The highest BCUT2D eigenvalue weighted by Gasteiger charge is 2.09. The van der Waals surface area contributed by atoms with Crippen LogP contribution in [0.5, 0.6) is 5.75 Å². The number of hydrogen-bond acceptors (Lipinski definition) is 3. The molecular weight excluding hydrogens is 311 g/mol. The van der Waals surface area contributed by atoms with Gasteiger partial charge in [-0.15, -0.1) is 0 Å². The molecule has 0 spiro atoms. The molecule has 0 saturated carbocycles. The summed E-state index contributed by atoms with van der Waals surface area (Å²) in [7, 11) is 0. The van der Waals surface area contributed by atoms with Crippen molar-refractivity contribution in [1.82, 2.24) is 5.32 Å². The Bertz CT molecular complexity index is 647. The maximum absolute atomic E-state index is 11.9.